The maximum absolute atomic E-state index is 9.69. The molecule has 0 fully saturated rings. The van der Waals surface area contributed by atoms with Gasteiger partial charge >= 0.3 is 0 Å². The predicted molar refractivity (Wildman–Crippen MR) is 69.4 cm³/mol. The van der Waals surface area contributed by atoms with Gasteiger partial charge in [0.25, 0.3) is 0 Å². The highest BCUT2D eigenvalue weighted by Crippen LogP contribution is 2.22. The van der Waals surface area contributed by atoms with E-state index < -0.39 is 0 Å². The Morgan fingerprint density at radius 3 is 3.00 bits per heavy atom. The molecule has 0 aliphatic heterocycles. The number of benzene rings is 1. The normalized spacial score (nSPS) is 19.9. The van der Waals surface area contributed by atoms with Gasteiger partial charge in [-0.25, -0.2) is 0 Å². The van der Waals surface area contributed by atoms with Gasteiger partial charge in [0.2, 0.25) is 0 Å². The van der Waals surface area contributed by atoms with Gasteiger partial charge in [0, 0.05) is 22.6 Å². The second-order valence-corrected chi connectivity index (χ2v) is 5.05. The van der Waals surface area contributed by atoms with E-state index in [1.807, 2.05) is 12.1 Å². The van der Waals surface area contributed by atoms with Crippen molar-refractivity contribution in [3.8, 4) is 5.75 Å². The number of allylic oxidation sites excluding steroid dienone is 1. The van der Waals surface area contributed by atoms with Gasteiger partial charge in [0.05, 0.1) is 0 Å². The molecule has 1 aliphatic rings. The second kappa shape index (κ2) is 5.51. The molecule has 0 radical (unpaired) electrons. The molecule has 0 heterocycles. The number of phenolic OH excluding ortho intramolecular Hbond substituents is 1. The highest BCUT2D eigenvalue weighted by Gasteiger charge is 2.10. The quantitative estimate of drug-likeness (QED) is 0.833. The van der Waals surface area contributed by atoms with E-state index in [1.165, 1.54) is 6.42 Å². The molecular weight excluding hydrogens is 266 g/mol. The number of hydrogen-bond acceptors (Lipinski definition) is 2. The van der Waals surface area contributed by atoms with Gasteiger partial charge in [-0.05, 0) is 37.5 Å². The molecule has 0 saturated heterocycles. The topological polar surface area (TPSA) is 32.3 Å². The molecule has 0 amide bonds. The van der Waals surface area contributed by atoms with Crippen molar-refractivity contribution >= 4 is 15.9 Å². The van der Waals surface area contributed by atoms with Crippen LogP contribution in [0.2, 0.25) is 0 Å². The minimum Gasteiger partial charge on any atom is -0.508 e. The third-order valence-electron chi connectivity index (χ3n) is 2.89. The molecule has 2 rings (SSSR count). The summed E-state index contributed by atoms with van der Waals surface area (Å²) >= 11 is 3.41. The van der Waals surface area contributed by atoms with Gasteiger partial charge in [-0.15, -0.1) is 0 Å². The number of phenols is 1. The lowest BCUT2D eigenvalue weighted by Crippen LogP contribution is -2.29. The summed E-state index contributed by atoms with van der Waals surface area (Å²) in [6, 6.07) is 6.08. The summed E-state index contributed by atoms with van der Waals surface area (Å²) < 4.78 is 1.01. The SMILES string of the molecule is Oc1ccc(Br)cc1CNC1CC=CCC1. The fraction of sp³-hybridized carbons (Fsp3) is 0.385. The summed E-state index contributed by atoms with van der Waals surface area (Å²) in [5.41, 5.74) is 0.948. The zero-order chi connectivity index (χ0) is 11.4. The standard InChI is InChI=1S/C13H16BrNO/c14-11-6-7-13(16)10(8-11)9-15-12-4-2-1-3-5-12/h1-2,6-8,12,15-16H,3-5,9H2. The van der Waals surface area contributed by atoms with Crippen LogP contribution in [-0.2, 0) is 6.54 Å². The van der Waals surface area contributed by atoms with E-state index in [0.29, 0.717) is 11.8 Å². The summed E-state index contributed by atoms with van der Waals surface area (Å²) in [5, 5.41) is 13.2. The van der Waals surface area contributed by atoms with Crippen molar-refractivity contribution in [2.75, 3.05) is 0 Å². The first-order chi connectivity index (χ1) is 7.75. The highest BCUT2D eigenvalue weighted by atomic mass is 79.9. The molecular formula is C13H16BrNO. The maximum atomic E-state index is 9.69. The fourth-order valence-corrected chi connectivity index (χ4v) is 2.34. The van der Waals surface area contributed by atoms with Crippen molar-refractivity contribution in [3.63, 3.8) is 0 Å². The van der Waals surface area contributed by atoms with Crippen molar-refractivity contribution in [1.29, 1.82) is 0 Å². The van der Waals surface area contributed by atoms with E-state index in [-0.39, 0.29) is 0 Å². The van der Waals surface area contributed by atoms with Crippen LogP contribution in [-0.4, -0.2) is 11.1 Å². The Bertz CT molecular complexity index is 390. The number of aromatic hydroxyl groups is 1. The van der Waals surface area contributed by atoms with E-state index in [2.05, 4.69) is 33.4 Å². The van der Waals surface area contributed by atoms with Crippen LogP contribution in [0.3, 0.4) is 0 Å². The number of hydrogen-bond donors (Lipinski definition) is 2. The Morgan fingerprint density at radius 1 is 1.38 bits per heavy atom. The van der Waals surface area contributed by atoms with Gasteiger partial charge < -0.3 is 10.4 Å². The van der Waals surface area contributed by atoms with Crippen LogP contribution in [0.5, 0.6) is 5.75 Å². The molecule has 2 nitrogen and oxygen atoms in total. The van der Waals surface area contributed by atoms with Crippen LogP contribution >= 0.6 is 15.9 Å². The van der Waals surface area contributed by atoms with Crippen LogP contribution in [0.1, 0.15) is 24.8 Å². The largest absolute Gasteiger partial charge is 0.508 e. The van der Waals surface area contributed by atoms with Crippen molar-refractivity contribution in [1.82, 2.24) is 5.32 Å². The lowest BCUT2D eigenvalue weighted by molar-refractivity contribution is 0.444. The van der Waals surface area contributed by atoms with Gasteiger partial charge in [-0.3, -0.25) is 0 Å². The van der Waals surface area contributed by atoms with Gasteiger partial charge in [0.1, 0.15) is 5.75 Å². The van der Waals surface area contributed by atoms with Crippen LogP contribution in [0.15, 0.2) is 34.8 Å². The van der Waals surface area contributed by atoms with Gasteiger partial charge in [-0.2, -0.15) is 0 Å². The summed E-state index contributed by atoms with van der Waals surface area (Å²) in [6.45, 7) is 0.726. The first-order valence-electron chi connectivity index (χ1n) is 5.61. The Labute approximate surface area is 105 Å². The number of rotatable bonds is 3. The molecule has 1 aliphatic carbocycles. The molecule has 3 heteroatoms. The lowest BCUT2D eigenvalue weighted by Gasteiger charge is -2.19. The van der Waals surface area contributed by atoms with Crippen molar-refractivity contribution in [3.05, 3.63) is 40.4 Å². The third kappa shape index (κ3) is 3.09. The molecule has 0 bridgehead atoms. The van der Waals surface area contributed by atoms with E-state index >= 15 is 0 Å². The molecule has 16 heavy (non-hydrogen) atoms. The molecule has 0 saturated carbocycles. The van der Waals surface area contributed by atoms with Crippen molar-refractivity contribution in [2.45, 2.75) is 31.8 Å². The Balaban J connectivity index is 1.93. The van der Waals surface area contributed by atoms with Gasteiger partial charge in [-0.1, -0.05) is 28.1 Å². The minimum absolute atomic E-state index is 0.363. The average molecular weight is 282 g/mol. The van der Waals surface area contributed by atoms with E-state index in [4.69, 9.17) is 0 Å². The second-order valence-electron chi connectivity index (χ2n) is 4.14. The number of halogens is 1. The lowest BCUT2D eigenvalue weighted by atomic mass is 10.0. The summed E-state index contributed by atoms with van der Waals surface area (Å²) in [4.78, 5) is 0. The Kier molecular flexibility index (Phi) is 4.02. The fourth-order valence-electron chi connectivity index (χ4n) is 1.93. The maximum Gasteiger partial charge on any atom is 0.120 e. The first kappa shape index (κ1) is 11.7. The summed E-state index contributed by atoms with van der Waals surface area (Å²) in [5.74, 6) is 0.363. The third-order valence-corrected chi connectivity index (χ3v) is 3.39. The molecule has 2 N–H and O–H groups in total. The van der Waals surface area contributed by atoms with Crippen LogP contribution < -0.4 is 5.32 Å². The van der Waals surface area contributed by atoms with E-state index in [1.54, 1.807) is 6.07 Å². The van der Waals surface area contributed by atoms with E-state index in [9.17, 15) is 5.11 Å². The molecule has 0 spiro atoms. The van der Waals surface area contributed by atoms with E-state index in [0.717, 1.165) is 29.4 Å². The average Bonchev–Trinajstić information content (AvgIpc) is 2.32. The molecule has 86 valence electrons. The highest BCUT2D eigenvalue weighted by molar-refractivity contribution is 9.10. The summed E-state index contributed by atoms with van der Waals surface area (Å²) in [7, 11) is 0. The molecule has 1 atom stereocenters. The molecule has 1 aromatic carbocycles. The van der Waals surface area contributed by atoms with Crippen molar-refractivity contribution in [2.24, 2.45) is 0 Å². The zero-order valence-corrected chi connectivity index (χ0v) is 10.7. The first-order valence-corrected chi connectivity index (χ1v) is 6.41. The molecule has 1 aromatic rings. The predicted octanol–water partition coefficient (Wildman–Crippen LogP) is 3.35. The molecule has 0 aromatic heterocycles. The Hall–Kier alpha value is -0.800. The monoisotopic (exact) mass is 281 g/mol. The zero-order valence-electron chi connectivity index (χ0n) is 9.12. The van der Waals surface area contributed by atoms with Crippen LogP contribution in [0, 0.1) is 0 Å². The van der Waals surface area contributed by atoms with Crippen molar-refractivity contribution < 1.29 is 5.11 Å². The molecule has 1 unspecified atom stereocenters. The van der Waals surface area contributed by atoms with Crippen LogP contribution in [0.25, 0.3) is 0 Å². The summed E-state index contributed by atoms with van der Waals surface area (Å²) in [6.07, 6.45) is 7.89. The van der Waals surface area contributed by atoms with Gasteiger partial charge in [0.15, 0.2) is 0 Å². The minimum atomic E-state index is 0.363. The Morgan fingerprint density at radius 2 is 2.25 bits per heavy atom. The smallest absolute Gasteiger partial charge is 0.120 e. The van der Waals surface area contributed by atoms with Crippen LogP contribution in [0.4, 0.5) is 0 Å². The number of nitrogens with one attached hydrogen (secondary N) is 1.